The molecule has 3 aromatic rings. The second kappa shape index (κ2) is 10.9. The molecule has 0 spiro atoms. The van der Waals surface area contributed by atoms with Crippen LogP contribution in [0.2, 0.25) is 0 Å². The molecule has 0 radical (unpaired) electrons. The van der Waals surface area contributed by atoms with Gasteiger partial charge in [0, 0.05) is 23.9 Å². The van der Waals surface area contributed by atoms with Gasteiger partial charge in [-0.05, 0) is 42.8 Å². The first-order valence-corrected chi connectivity index (χ1v) is 12.7. The molecule has 0 fully saturated rings. The lowest BCUT2D eigenvalue weighted by atomic mass is 10.1. The van der Waals surface area contributed by atoms with Gasteiger partial charge < -0.3 is 24.3 Å². The van der Waals surface area contributed by atoms with E-state index in [-0.39, 0.29) is 30.1 Å². The Morgan fingerprint density at radius 1 is 1.03 bits per heavy atom. The van der Waals surface area contributed by atoms with Crippen molar-refractivity contribution in [2.24, 2.45) is 4.99 Å². The Labute approximate surface area is 224 Å². The van der Waals surface area contributed by atoms with Gasteiger partial charge >= 0.3 is 0 Å². The number of methoxy groups -OCH3 is 2. The number of aryl methyl sites for hydroxylation is 1. The van der Waals surface area contributed by atoms with Crippen LogP contribution in [0.1, 0.15) is 11.1 Å². The van der Waals surface area contributed by atoms with Gasteiger partial charge in [0.1, 0.15) is 17.2 Å². The second-order valence-corrected chi connectivity index (χ2v) is 9.39. The number of aliphatic imine (C=N–C) groups is 1. The summed E-state index contributed by atoms with van der Waals surface area (Å²) in [4.78, 5) is 32.4. The van der Waals surface area contributed by atoms with Crippen molar-refractivity contribution in [3.63, 3.8) is 0 Å². The van der Waals surface area contributed by atoms with Gasteiger partial charge in [-0.2, -0.15) is 0 Å². The highest BCUT2D eigenvalue weighted by Gasteiger charge is 2.32. The topological polar surface area (TPSA) is 98.7 Å². The number of carbonyl (C=O) groups excluding carboxylic acids is 2. The molecule has 0 saturated carbocycles. The average Bonchev–Trinajstić information content (AvgIpc) is 3.51. The number of nitrogens with one attached hydrogen (secondary N) is 1. The number of thioether (sulfide) groups is 1. The molecule has 2 heterocycles. The first kappa shape index (κ1) is 25.2. The lowest BCUT2D eigenvalue weighted by molar-refractivity contribution is -0.114. The van der Waals surface area contributed by atoms with Crippen molar-refractivity contribution >= 4 is 46.2 Å². The maximum absolute atomic E-state index is 13.5. The molecule has 1 N–H and O–H groups in total. The van der Waals surface area contributed by atoms with Crippen molar-refractivity contribution < 1.29 is 28.5 Å². The zero-order chi connectivity index (χ0) is 26.6. The monoisotopic (exact) mass is 531 g/mol. The number of carbonyl (C=O) groups is 2. The molecule has 2 aliphatic heterocycles. The number of hydrogen-bond donors (Lipinski definition) is 1. The van der Waals surface area contributed by atoms with Crippen molar-refractivity contribution in [1.29, 1.82) is 0 Å². The third kappa shape index (κ3) is 5.45. The van der Waals surface area contributed by atoms with Gasteiger partial charge in [-0.15, -0.1) is 0 Å². The van der Waals surface area contributed by atoms with Crippen LogP contribution in [-0.2, 0) is 9.59 Å². The van der Waals surface area contributed by atoms with E-state index in [1.807, 2.05) is 37.3 Å². The molecule has 0 atom stereocenters. The normalized spacial score (nSPS) is 15.0. The lowest BCUT2D eigenvalue weighted by Crippen LogP contribution is -2.31. The van der Waals surface area contributed by atoms with Gasteiger partial charge in [0.15, 0.2) is 16.7 Å². The molecule has 2 amide bonds. The minimum absolute atomic E-state index is 0.0330. The van der Waals surface area contributed by atoms with E-state index in [2.05, 4.69) is 10.3 Å². The van der Waals surface area contributed by atoms with Gasteiger partial charge in [-0.1, -0.05) is 35.5 Å². The van der Waals surface area contributed by atoms with Gasteiger partial charge in [0.2, 0.25) is 12.7 Å². The molecular weight excluding hydrogens is 506 g/mol. The minimum atomic E-state index is -0.285. The number of benzene rings is 3. The quantitative estimate of drug-likeness (QED) is 0.435. The molecule has 0 bridgehead atoms. The van der Waals surface area contributed by atoms with E-state index in [9.17, 15) is 9.59 Å². The minimum Gasteiger partial charge on any atom is -0.497 e. The summed E-state index contributed by atoms with van der Waals surface area (Å²) in [6.07, 6.45) is 1.70. The third-order valence-corrected chi connectivity index (χ3v) is 6.73. The number of amides is 2. The number of ether oxygens (including phenoxy) is 4. The summed E-state index contributed by atoms with van der Waals surface area (Å²) >= 11 is 1.17. The molecule has 10 heteroatoms. The summed E-state index contributed by atoms with van der Waals surface area (Å²) in [5, 5.41) is 3.25. The largest absolute Gasteiger partial charge is 0.497 e. The molecule has 5 rings (SSSR count). The highest BCUT2D eigenvalue weighted by molar-refractivity contribution is 8.14. The number of fused-ring (bicyclic) bond motifs is 1. The maximum atomic E-state index is 13.5. The van der Waals surface area contributed by atoms with E-state index in [1.165, 1.54) is 16.7 Å². The van der Waals surface area contributed by atoms with Crippen LogP contribution in [0.5, 0.6) is 23.0 Å². The van der Waals surface area contributed by atoms with E-state index in [0.29, 0.717) is 39.5 Å². The molecule has 0 aromatic heterocycles. The van der Waals surface area contributed by atoms with Crippen molar-refractivity contribution in [2.45, 2.75) is 6.92 Å². The van der Waals surface area contributed by atoms with Gasteiger partial charge in [-0.3, -0.25) is 14.5 Å². The summed E-state index contributed by atoms with van der Waals surface area (Å²) in [7, 11) is 3.08. The third-order valence-electron chi connectivity index (χ3n) is 5.79. The average molecular weight is 532 g/mol. The van der Waals surface area contributed by atoms with Crippen molar-refractivity contribution in [1.82, 2.24) is 0 Å². The predicted molar refractivity (Wildman–Crippen MR) is 147 cm³/mol. The number of rotatable bonds is 7. The molecule has 194 valence electrons. The summed E-state index contributed by atoms with van der Waals surface area (Å²) in [6, 6.07) is 18.1. The second-order valence-electron chi connectivity index (χ2n) is 8.45. The summed E-state index contributed by atoms with van der Waals surface area (Å²) < 4.78 is 21.4. The fraction of sp³-hybridized carbons (Fsp3) is 0.179. The smallest absolute Gasteiger partial charge is 0.283 e. The van der Waals surface area contributed by atoms with Crippen LogP contribution in [0.4, 0.5) is 11.4 Å². The number of hydrogen-bond acceptors (Lipinski definition) is 8. The van der Waals surface area contributed by atoms with Crippen LogP contribution in [0.25, 0.3) is 6.08 Å². The molecule has 9 nitrogen and oxygen atoms in total. The fourth-order valence-corrected chi connectivity index (χ4v) is 4.69. The predicted octanol–water partition coefficient (Wildman–Crippen LogP) is 4.86. The number of anilines is 2. The fourth-order valence-electron chi connectivity index (χ4n) is 3.88. The van der Waals surface area contributed by atoms with Gasteiger partial charge in [-0.25, -0.2) is 4.99 Å². The van der Waals surface area contributed by atoms with Crippen molar-refractivity contribution in [2.75, 3.05) is 37.0 Å². The standard InChI is InChI=1S/C28H25N3O6S/c1-17-4-7-20(8-5-17)31-27(33)23(10-18-6-9-24-25(11-18)37-16-36-24)30-28(31)38-15-26(32)29-19-12-21(34-2)14-22(13-19)35-3/h4-14H,15-16H2,1-3H3,(H,29,32)/b23-10+. The Kier molecular flexibility index (Phi) is 7.23. The first-order chi connectivity index (χ1) is 18.4. The molecule has 0 saturated heterocycles. The molecule has 3 aromatic carbocycles. The Morgan fingerprint density at radius 2 is 1.74 bits per heavy atom. The molecule has 0 unspecified atom stereocenters. The van der Waals surface area contributed by atoms with Crippen LogP contribution in [-0.4, -0.2) is 43.7 Å². The number of amidine groups is 1. The highest BCUT2D eigenvalue weighted by Crippen LogP contribution is 2.35. The van der Waals surface area contributed by atoms with Crippen LogP contribution in [0.3, 0.4) is 0 Å². The Hall–Kier alpha value is -4.44. The summed E-state index contributed by atoms with van der Waals surface area (Å²) in [5.74, 6) is 1.87. The van der Waals surface area contributed by atoms with Crippen LogP contribution in [0, 0.1) is 6.92 Å². The zero-order valence-corrected chi connectivity index (χ0v) is 21.8. The van der Waals surface area contributed by atoms with Crippen molar-refractivity contribution in [3.05, 3.63) is 77.5 Å². The van der Waals surface area contributed by atoms with E-state index in [4.69, 9.17) is 18.9 Å². The summed E-state index contributed by atoms with van der Waals surface area (Å²) in [5.41, 5.74) is 3.27. The van der Waals surface area contributed by atoms with Gasteiger partial charge in [0.25, 0.3) is 5.91 Å². The molecule has 38 heavy (non-hydrogen) atoms. The van der Waals surface area contributed by atoms with Crippen LogP contribution >= 0.6 is 11.8 Å². The van der Waals surface area contributed by atoms with Crippen LogP contribution < -0.4 is 29.2 Å². The molecule has 2 aliphatic rings. The van der Waals surface area contributed by atoms with E-state index in [1.54, 1.807) is 50.6 Å². The van der Waals surface area contributed by atoms with Gasteiger partial charge in [0.05, 0.1) is 25.7 Å². The lowest BCUT2D eigenvalue weighted by Gasteiger charge is -2.18. The van der Waals surface area contributed by atoms with Crippen LogP contribution in [0.15, 0.2) is 71.4 Å². The SMILES string of the molecule is COc1cc(NC(=O)CSC2=N/C(=C/c3ccc4c(c3)OCO4)C(=O)N2c2ccc(C)cc2)cc(OC)c1. The maximum Gasteiger partial charge on any atom is 0.283 e. The molecular formula is C28H25N3O6S. The van der Waals surface area contributed by atoms with E-state index < -0.39 is 0 Å². The Bertz CT molecular complexity index is 1430. The summed E-state index contributed by atoms with van der Waals surface area (Å²) in [6.45, 7) is 2.14. The zero-order valence-electron chi connectivity index (χ0n) is 21.0. The van der Waals surface area contributed by atoms with E-state index >= 15 is 0 Å². The van der Waals surface area contributed by atoms with E-state index in [0.717, 1.165) is 11.1 Å². The van der Waals surface area contributed by atoms with Crippen molar-refractivity contribution in [3.8, 4) is 23.0 Å². The molecule has 0 aliphatic carbocycles. The highest BCUT2D eigenvalue weighted by atomic mass is 32.2. The Balaban J connectivity index is 1.37. The first-order valence-electron chi connectivity index (χ1n) is 11.7. The number of nitrogens with zero attached hydrogens (tertiary/aromatic N) is 2. The Morgan fingerprint density at radius 3 is 2.45 bits per heavy atom.